The van der Waals surface area contributed by atoms with Crippen LogP contribution in [0.25, 0.3) is 0 Å². The highest BCUT2D eigenvalue weighted by Crippen LogP contribution is 2.22. The van der Waals surface area contributed by atoms with E-state index in [1.165, 1.54) is 4.90 Å². The summed E-state index contributed by atoms with van der Waals surface area (Å²) >= 11 is 1.77. The van der Waals surface area contributed by atoms with Crippen LogP contribution in [-0.4, -0.2) is 18.3 Å². The summed E-state index contributed by atoms with van der Waals surface area (Å²) in [7, 11) is 0. The zero-order valence-electron chi connectivity index (χ0n) is 17.6. The zero-order chi connectivity index (χ0) is 21.2. The number of carbonyl (C=O) groups excluding carboxylic acids is 1. The van der Waals surface area contributed by atoms with Gasteiger partial charge >= 0.3 is 0 Å². The topological polar surface area (TPSA) is 38.3 Å². The Kier molecular flexibility index (Phi) is 8.40. The quantitative estimate of drug-likeness (QED) is 0.306. The lowest BCUT2D eigenvalue weighted by molar-refractivity contribution is 0.0932. The fourth-order valence-corrected chi connectivity index (χ4v) is 3.97. The first-order valence-electron chi connectivity index (χ1n) is 10.4. The second kappa shape index (κ2) is 11.5. The van der Waals surface area contributed by atoms with Crippen LogP contribution >= 0.6 is 11.8 Å². The Morgan fingerprint density at radius 3 is 2.17 bits per heavy atom. The number of rotatable bonds is 10. The van der Waals surface area contributed by atoms with Crippen molar-refractivity contribution in [2.24, 2.45) is 5.92 Å². The predicted molar refractivity (Wildman–Crippen MR) is 125 cm³/mol. The Balaban J connectivity index is 1.52. The van der Waals surface area contributed by atoms with E-state index in [0.717, 1.165) is 23.5 Å². The molecule has 0 saturated heterocycles. The standard InChI is InChI=1S/C26H29NO2S/c1-20(2)19-25(21-9-5-3-6-10-21)27-26(28)22-13-15-23(16-14-22)29-17-18-30-24-11-7-4-8-12-24/h3-16,20,25H,17-19H2,1-2H3,(H,27,28). The molecule has 0 aliphatic heterocycles. The van der Waals surface area contributed by atoms with Gasteiger partial charge in [0.25, 0.3) is 5.91 Å². The summed E-state index contributed by atoms with van der Waals surface area (Å²) in [5.74, 6) is 2.08. The first-order valence-corrected chi connectivity index (χ1v) is 11.4. The molecule has 0 saturated carbocycles. The maximum Gasteiger partial charge on any atom is 0.251 e. The molecule has 0 aliphatic rings. The fourth-order valence-electron chi connectivity index (χ4n) is 3.21. The van der Waals surface area contributed by atoms with Gasteiger partial charge in [-0.25, -0.2) is 0 Å². The summed E-state index contributed by atoms with van der Waals surface area (Å²) in [5, 5.41) is 3.19. The molecule has 1 atom stereocenters. The van der Waals surface area contributed by atoms with Crippen LogP contribution in [0.3, 0.4) is 0 Å². The van der Waals surface area contributed by atoms with Gasteiger partial charge < -0.3 is 10.1 Å². The van der Waals surface area contributed by atoms with Gasteiger partial charge in [-0.1, -0.05) is 62.4 Å². The van der Waals surface area contributed by atoms with Crippen LogP contribution in [0, 0.1) is 5.92 Å². The molecule has 1 amide bonds. The van der Waals surface area contributed by atoms with Crippen molar-refractivity contribution in [3.63, 3.8) is 0 Å². The second-order valence-electron chi connectivity index (χ2n) is 7.60. The molecule has 1 N–H and O–H groups in total. The minimum Gasteiger partial charge on any atom is -0.493 e. The van der Waals surface area contributed by atoms with Crippen molar-refractivity contribution >= 4 is 17.7 Å². The van der Waals surface area contributed by atoms with Crippen LogP contribution in [0.15, 0.2) is 89.8 Å². The Bertz CT molecular complexity index is 895. The van der Waals surface area contributed by atoms with E-state index in [1.54, 1.807) is 11.8 Å². The first-order chi connectivity index (χ1) is 14.6. The lowest BCUT2D eigenvalue weighted by atomic mass is 9.96. The van der Waals surface area contributed by atoms with Gasteiger partial charge in [0.1, 0.15) is 5.75 Å². The van der Waals surface area contributed by atoms with Crippen molar-refractivity contribution in [3.8, 4) is 5.75 Å². The molecule has 3 aromatic carbocycles. The van der Waals surface area contributed by atoms with Gasteiger partial charge in [0.2, 0.25) is 0 Å². The van der Waals surface area contributed by atoms with Crippen LogP contribution < -0.4 is 10.1 Å². The van der Waals surface area contributed by atoms with Gasteiger partial charge in [-0.3, -0.25) is 4.79 Å². The van der Waals surface area contributed by atoms with Crippen LogP contribution in [0.5, 0.6) is 5.75 Å². The van der Waals surface area contributed by atoms with E-state index in [-0.39, 0.29) is 11.9 Å². The lowest BCUT2D eigenvalue weighted by Crippen LogP contribution is -2.29. The maximum absolute atomic E-state index is 12.8. The summed E-state index contributed by atoms with van der Waals surface area (Å²) in [5.41, 5.74) is 1.78. The van der Waals surface area contributed by atoms with Crippen molar-refractivity contribution in [2.75, 3.05) is 12.4 Å². The average molecular weight is 420 g/mol. The molecule has 0 spiro atoms. The molecule has 3 nitrogen and oxygen atoms in total. The molecule has 0 heterocycles. The van der Waals surface area contributed by atoms with Gasteiger partial charge in [0.05, 0.1) is 12.6 Å². The van der Waals surface area contributed by atoms with Crippen LogP contribution in [-0.2, 0) is 0 Å². The zero-order valence-corrected chi connectivity index (χ0v) is 18.4. The normalized spacial score (nSPS) is 11.8. The molecule has 3 aromatic rings. The van der Waals surface area contributed by atoms with Crippen molar-refractivity contribution in [2.45, 2.75) is 31.2 Å². The minimum absolute atomic E-state index is 0.00429. The van der Waals surface area contributed by atoms with Gasteiger partial charge in [0.15, 0.2) is 0 Å². The molecule has 1 unspecified atom stereocenters. The first kappa shape index (κ1) is 22.0. The molecular formula is C26H29NO2S. The van der Waals surface area contributed by atoms with Gasteiger partial charge in [-0.15, -0.1) is 11.8 Å². The number of hydrogen-bond acceptors (Lipinski definition) is 3. The molecule has 0 radical (unpaired) electrons. The van der Waals surface area contributed by atoms with Crippen molar-refractivity contribution < 1.29 is 9.53 Å². The summed E-state index contributed by atoms with van der Waals surface area (Å²) < 4.78 is 5.81. The Morgan fingerprint density at radius 2 is 1.53 bits per heavy atom. The van der Waals surface area contributed by atoms with Crippen molar-refractivity contribution in [3.05, 3.63) is 96.1 Å². The number of nitrogens with one attached hydrogen (secondary N) is 1. The molecule has 0 bridgehead atoms. The molecular weight excluding hydrogens is 390 g/mol. The molecule has 0 fully saturated rings. The third-order valence-corrected chi connectivity index (χ3v) is 5.67. The monoisotopic (exact) mass is 419 g/mol. The van der Waals surface area contributed by atoms with E-state index < -0.39 is 0 Å². The minimum atomic E-state index is -0.0595. The number of thioether (sulfide) groups is 1. The third kappa shape index (κ3) is 6.96. The highest BCUT2D eigenvalue weighted by molar-refractivity contribution is 7.99. The number of hydrogen-bond donors (Lipinski definition) is 1. The highest BCUT2D eigenvalue weighted by Gasteiger charge is 2.17. The van der Waals surface area contributed by atoms with E-state index in [0.29, 0.717) is 18.1 Å². The van der Waals surface area contributed by atoms with Crippen molar-refractivity contribution in [1.29, 1.82) is 0 Å². The smallest absolute Gasteiger partial charge is 0.251 e. The summed E-state index contributed by atoms with van der Waals surface area (Å²) in [6, 6.07) is 27.8. The van der Waals surface area contributed by atoms with Gasteiger partial charge in [-0.05, 0) is 54.3 Å². The third-order valence-electron chi connectivity index (χ3n) is 4.69. The summed E-state index contributed by atoms with van der Waals surface area (Å²) in [4.78, 5) is 14.0. The Morgan fingerprint density at radius 1 is 0.900 bits per heavy atom. The molecule has 0 aliphatic carbocycles. The number of amides is 1. The molecule has 4 heteroatoms. The molecule has 3 rings (SSSR count). The van der Waals surface area contributed by atoms with Crippen molar-refractivity contribution in [1.82, 2.24) is 5.32 Å². The number of carbonyl (C=O) groups is 1. The predicted octanol–water partition coefficient (Wildman–Crippen LogP) is 6.37. The summed E-state index contributed by atoms with van der Waals surface area (Å²) in [6.45, 7) is 4.96. The van der Waals surface area contributed by atoms with E-state index >= 15 is 0 Å². The Labute approximate surface area is 183 Å². The Hall–Kier alpha value is -2.72. The summed E-state index contributed by atoms with van der Waals surface area (Å²) in [6.07, 6.45) is 0.899. The lowest BCUT2D eigenvalue weighted by Gasteiger charge is -2.21. The number of ether oxygens (including phenoxy) is 1. The van der Waals surface area contributed by atoms with Crippen LogP contribution in [0.2, 0.25) is 0 Å². The molecule has 30 heavy (non-hydrogen) atoms. The molecule has 156 valence electrons. The second-order valence-corrected chi connectivity index (χ2v) is 8.77. The van der Waals surface area contributed by atoms with Crippen LogP contribution in [0.1, 0.15) is 42.2 Å². The average Bonchev–Trinajstić information content (AvgIpc) is 2.77. The van der Waals surface area contributed by atoms with Crippen LogP contribution in [0.4, 0.5) is 0 Å². The van der Waals surface area contributed by atoms with Gasteiger partial charge in [0, 0.05) is 16.2 Å². The maximum atomic E-state index is 12.8. The van der Waals surface area contributed by atoms with E-state index in [2.05, 4.69) is 43.4 Å². The highest BCUT2D eigenvalue weighted by atomic mass is 32.2. The fraction of sp³-hybridized carbons (Fsp3) is 0.269. The SMILES string of the molecule is CC(C)CC(NC(=O)c1ccc(OCCSc2ccccc2)cc1)c1ccccc1. The van der Waals surface area contributed by atoms with E-state index in [9.17, 15) is 4.79 Å². The number of benzene rings is 3. The van der Waals surface area contributed by atoms with E-state index in [1.807, 2.05) is 60.7 Å². The van der Waals surface area contributed by atoms with E-state index in [4.69, 9.17) is 4.74 Å². The van der Waals surface area contributed by atoms with Gasteiger partial charge in [-0.2, -0.15) is 0 Å². The molecule has 0 aromatic heterocycles. The largest absolute Gasteiger partial charge is 0.493 e.